The average molecular weight is 287 g/mol. The van der Waals surface area contributed by atoms with E-state index < -0.39 is 0 Å². The minimum atomic E-state index is 0.724. The van der Waals surface area contributed by atoms with E-state index in [1.54, 1.807) is 14.2 Å². The molecular formula is C16H21N3O2. The van der Waals surface area contributed by atoms with Crippen LogP contribution in [0.3, 0.4) is 0 Å². The third-order valence-electron chi connectivity index (χ3n) is 3.70. The van der Waals surface area contributed by atoms with Crippen molar-refractivity contribution in [3.8, 4) is 22.8 Å². The van der Waals surface area contributed by atoms with Gasteiger partial charge in [0.05, 0.1) is 26.1 Å². The first-order chi connectivity index (χ1) is 10.3. The second-order valence-corrected chi connectivity index (χ2v) is 5.29. The van der Waals surface area contributed by atoms with E-state index in [1.165, 1.54) is 12.8 Å². The number of rotatable bonds is 7. The van der Waals surface area contributed by atoms with Gasteiger partial charge in [-0.05, 0) is 31.0 Å². The van der Waals surface area contributed by atoms with Crippen LogP contribution in [0.25, 0.3) is 11.3 Å². The smallest absolute Gasteiger partial charge is 0.161 e. The summed E-state index contributed by atoms with van der Waals surface area (Å²) in [5.74, 6) is 2.46. The van der Waals surface area contributed by atoms with Crippen LogP contribution in [0.2, 0.25) is 0 Å². The maximum atomic E-state index is 5.33. The average Bonchev–Trinajstić information content (AvgIpc) is 3.22. The highest BCUT2D eigenvalue weighted by Crippen LogP contribution is 2.31. The van der Waals surface area contributed by atoms with Gasteiger partial charge in [0.15, 0.2) is 11.5 Å². The van der Waals surface area contributed by atoms with Crippen LogP contribution in [0.4, 0.5) is 0 Å². The van der Waals surface area contributed by atoms with Gasteiger partial charge in [-0.25, -0.2) is 4.98 Å². The number of benzene rings is 1. The zero-order valence-electron chi connectivity index (χ0n) is 12.5. The largest absolute Gasteiger partial charge is 0.493 e. The molecule has 5 heteroatoms. The van der Waals surface area contributed by atoms with E-state index in [0.717, 1.165) is 47.6 Å². The van der Waals surface area contributed by atoms with Gasteiger partial charge in [0.25, 0.3) is 0 Å². The number of ether oxygens (including phenoxy) is 2. The highest BCUT2D eigenvalue weighted by atomic mass is 16.5. The van der Waals surface area contributed by atoms with E-state index in [4.69, 9.17) is 9.47 Å². The normalized spacial score (nSPS) is 14.2. The summed E-state index contributed by atoms with van der Waals surface area (Å²) in [6.45, 7) is 0.976. The van der Waals surface area contributed by atoms with Crippen molar-refractivity contribution < 1.29 is 9.47 Å². The van der Waals surface area contributed by atoms with Gasteiger partial charge >= 0.3 is 0 Å². The van der Waals surface area contributed by atoms with Gasteiger partial charge in [-0.2, -0.15) is 0 Å². The quantitative estimate of drug-likeness (QED) is 0.821. The van der Waals surface area contributed by atoms with Gasteiger partial charge in [0.1, 0.15) is 5.82 Å². The van der Waals surface area contributed by atoms with Crippen LogP contribution in [0, 0.1) is 0 Å². The lowest BCUT2D eigenvalue weighted by molar-refractivity contribution is 0.355. The number of methoxy groups -OCH3 is 2. The van der Waals surface area contributed by atoms with E-state index in [0.29, 0.717) is 0 Å². The third kappa shape index (κ3) is 3.36. The summed E-state index contributed by atoms with van der Waals surface area (Å²) in [6.07, 6.45) is 5.42. The third-order valence-corrected chi connectivity index (χ3v) is 3.70. The predicted octanol–water partition coefficient (Wildman–Crippen LogP) is 2.39. The Bertz CT molecular complexity index is 605. The van der Waals surface area contributed by atoms with Crippen molar-refractivity contribution >= 4 is 0 Å². The molecule has 1 saturated carbocycles. The lowest BCUT2D eigenvalue weighted by Gasteiger charge is -2.08. The molecule has 1 aromatic carbocycles. The summed E-state index contributed by atoms with van der Waals surface area (Å²) in [5.41, 5.74) is 2.04. The first kappa shape index (κ1) is 13.9. The number of aromatic amines is 1. The Labute approximate surface area is 124 Å². The zero-order valence-corrected chi connectivity index (χ0v) is 12.5. The van der Waals surface area contributed by atoms with Crippen molar-refractivity contribution in [2.45, 2.75) is 25.3 Å². The molecule has 0 bridgehead atoms. The maximum absolute atomic E-state index is 5.33. The van der Waals surface area contributed by atoms with Crippen LogP contribution >= 0.6 is 0 Å². The molecular weight excluding hydrogens is 266 g/mol. The number of aromatic nitrogens is 2. The number of nitrogens with zero attached hydrogens (tertiary/aromatic N) is 1. The van der Waals surface area contributed by atoms with Crippen LogP contribution in [0.1, 0.15) is 18.7 Å². The summed E-state index contributed by atoms with van der Waals surface area (Å²) < 4.78 is 10.6. The molecule has 0 radical (unpaired) electrons. The second kappa shape index (κ2) is 6.18. The van der Waals surface area contributed by atoms with Gasteiger partial charge in [-0.1, -0.05) is 0 Å². The predicted molar refractivity (Wildman–Crippen MR) is 81.9 cm³/mol. The van der Waals surface area contributed by atoms with E-state index in [-0.39, 0.29) is 0 Å². The molecule has 0 atom stereocenters. The minimum absolute atomic E-state index is 0.724. The Morgan fingerprint density at radius 1 is 1.24 bits per heavy atom. The molecule has 1 fully saturated rings. The summed E-state index contributed by atoms with van der Waals surface area (Å²) in [6, 6.07) is 6.61. The molecule has 0 unspecified atom stereocenters. The molecule has 1 aliphatic carbocycles. The van der Waals surface area contributed by atoms with Crippen molar-refractivity contribution in [1.29, 1.82) is 0 Å². The van der Waals surface area contributed by atoms with E-state index >= 15 is 0 Å². The van der Waals surface area contributed by atoms with Crippen LogP contribution < -0.4 is 14.8 Å². The number of imidazole rings is 1. The van der Waals surface area contributed by atoms with E-state index in [9.17, 15) is 0 Å². The molecule has 21 heavy (non-hydrogen) atoms. The molecule has 1 aliphatic rings. The van der Waals surface area contributed by atoms with Gasteiger partial charge in [-0.15, -0.1) is 0 Å². The molecule has 3 rings (SSSR count). The first-order valence-electron chi connectivity index (χ1n) is 7.30. The molecule has 0 spiro atoms. The highest BCUT2D eigenvalue weighted by molar-refractivity contribution is 5.63. The van der Waals surface area contributed by atoms with Crippen LogP contribution in [-0.4, -0.2) is 36.8 Å². The van der Waals surface area contributed by atoms with Crippen LogP contribution in [0.5, 0.6) is 11.5 Å². The topological polar surface area (TPSA) is 59.2 Å². The van der Waals surface area contributed by atoms with Gasteiger partial charge in [0.2, 0.25) is 0 Å². The summed E-state index contributed by atoms with van der Waals surface area (Å²) in [4.78, 5) is 7.81. The maximum Gasteiger partial charge on any atom is 0.161 e. The molecule has 0 aliphatic heterocycles. The Morgan fingerprint density at radius 3 is 2.76 bits per heavy atom. The van der Waals surface area contributed by atoms with Gasteiger partial charge < -0.3 is 19.8 Å². The molecule has 2 N–H and O–H groups in total. The number of hydrogen-bond donors (Lipinski definition) is 2. The summed E-state index contributed by atoms with van der Waals surface area (Å²) >= 11 is 0. The summed E-state index contributed by atoms with van der Waals surface area (Å²) in [7, 11) is 3.28. The Morgan fingerprint density at radius 2 is 2.05 bits per heavy atom. The fourth-order valence-corrected chi connectivity index (χ4v) is 2.32. The SMILES string of the molecule is COc1ccc(-c2cnc(CCNC3CC3)[nH]2)cc1OC. The molecule has 1 aromatic heterocycles. The number of nitrogens with one attached hydrogen (secondary N) is 2. The van der Waals surface area contributed by atoms with Crippen molar-refractivity contribution in [1.82, 2.24) is 15.3 Å². The summed E-state index contributed by atoms with van der Waals surface area (Å²) in [5, 5.41) is 3.49. The van der Waals surface area contributed by atoms with E-state index in [2.05, 4.69) is 15.3 Å². The lowest BCUT2D eigenvalue weighted by atomic mass is 10.1. The fourth-order valence-electron chi connectivity index (χ4n) is 2.32. The van der Waals surface area contributed by atoms with Crippen LogP contribution in [-0.2, 0) is 6.42 Å². The molecule has 1 heterocycles. The number of H-pyrrole nitrogens is 1. The van der Waals surface area contributed by atoms with Crippen molar-refractivity contribution in [2.75, 3.05) is 20.8 Å². The van der Waals surface area contributed by atoms with Crippen LogP contribution in [0.15, 0.2) is 24.4 Å². The van der Waals surface area contributed by atoms with Crippen molar-refractivity contribution in [3.63, 3.8) is 0 Å². The van der Waals surface area contributed by atoms with Gasteiger partial charge in [-0.3, -0.25) is 0 Å². The van der Waals surface area contributed by atoms with E-state index in [1.807, 2.05) is 24.4 Å². The molecule has 5 nitrogen and oxygen atoms in total. The number of hydrogen-bond acceptors (Lipinski definition) is 4. The first-order valence-corrected chi connectivity index (χ1v) is 7.30. The molecule has 2 aromatic rings. The standard InChI is InChI=1S/C16H21N3O2/c1-20-14-6-3-11(9-15(14)21-2)13-10-18-16(19-13)7-8-17-12-4-5-12/h3,6,9-10,12,17H,4-5,7-8H2,1-2H3,(H,18,19). The Hall–Kier alpha value is -2.01. The molecule has 112 valence electrons. The molecule has 0 saturated heterocycles. The molecule has 0 amide bonds. The van der Waals surface area contributed by atoms with Crippen molar-refractivity contribution in [3.05, 3.63) is 30.2 Å². The van der Waals surface area contributed by atoms with Crippen molar-refractivity contribution in [2.24, 2.45) is 0 Å². The fraction of sp³-hybridized carbons (Fsp3) is 0.438. The highest BCUT2D eigenvalue weighted by Gasteiger charge is 2.19. The second-order valence-electron chi connectivity index (χ2n) is 5.29. The minimum Gasteiger partial charge on any atom is -0.493 e. The Kier molecular flexibility index (Phi) is 4.10. The zero-order chi connectivity index (χ0) is 14.7. The lowest BCUT2D eigenvalue weighted by Crippen LogP contribution is -2.19. The monoisotopic (exact) mass is 287 g/mol. The van der Waals surface area contributed by atoms with Gasteiger partial charge in [0, 0.05) is 24.6 Å². The Balaban J connectivity index is 1.69.